The number of guanidine groups is 1. The van der Waals surface area contributed by atoms with E-state index in [4.69, 9.17) is 5.73 Å². The third kappa shape index (κ3) is 1.80. The van der Waals surface area contributed by atoms with Crippen LogP contribution in [0.3, 0.4) is 0 Å². The summed E-state index contributed by atoms with van der Waals surface area (Å²) in [4.78, 5) is 7.87. The first-order valence-corrected chi connectivity index (χ1v) is 7.96. The lowest BCUT2D eigenvalue weighted by atomic mass is 9.90. The van der Waals surface area contributed by atoms with Gasteiger partial charge in [-0.3, -0.25) is 4.99 Å². The van der Waals surface area contributed by atoms with E-state index in [-0.39, 0.29) is 11.4 Å². The lowest BCUT2D eigenvalue weighted by Crippen LogP contribution is -2.47. The van der Waals surface area contributed by atoms with Crippen molar-refractivity contribution in [1.29, 1.82) is 0 Å². The summed E-state index contributed by atoms with van der Waals surface area (Å²) in [6.45, 7) is 1.36. The molecule has 21 heavy (non-hydrogen) atoms. The fraction of sp³-hybridized carbons (Fsp3) is 0.312. The molecule has 1 aromatic heterocycles. The van der Waals surface area contributed by atoms with Crippen molar-refractivity contribution in [3.8, 4) is 0 Å². The van der Waals surface area contributed by atoms with Gasteiger partial charge in [0, 0.05) is 4.88 Å². The molecule has 1 aliphatic carbocycles. The lowest BCUT2D eigenvalue weighted by molar-refractivity contribution is 0.195. The normalized spacial score (nSPS) is 23.7. The van der Waals surface area contributed by atoms with Crippen molar-refractivity contribution in [3.05, 3.63) is 57.5 Å². The molecule has 0 fully saturated rings. The molecule has 5 heteroatoms. The monoisotopic (exact) mass is 301 g/mol. The predicted molar refractivity (Wildman–Crippen MR) is 82.8 cm³/mol. The van der Waals surface area contributed by atoms with Crippen molar-refractivity contribution in [3.63, 3.8) is 0 Å². The second-order valence-corrected chi connectivity index (χ2v) is 6.67. The Bertz CT molecular complexity index is 710. The summed E-state index contributed by atoms with van der Waals surface area (Å²) in [7, 11) is 0. The Morgan fingerprint density at radius 2 is 2.24 bits per heavy atom. The molecule has 2 aliphatic rings. The number of halogens is 1. The Kier molecular flexibility index (Phi) is 2.79. The Morgan fingerprint density at radius 1 is 1.33 bits per heavy atom. The second kappa shape index (κ2) is 4.56. The van der Waals surface area contributed by atoms with Gasteiger partial charge in [-0.25, -0.2) is 4.39 Å². The molecule has 1 atom stereocenters. The maximum absolute atomic E-state index is 14.0. The lowest BCUT2D eigenvalue weighted by Gasteiger charge is -2.36. The summed E-state index contributed by atoms with van der Waals surface area (Å²) >= 11 is 1.71. The Balaban J connectivity index is 1.77. The minimum Gasteiger partial charge on any atom is -0.370 e. The van der Waals surface area contributed by atoms with Crippen LogP contribution in [-0.4, -0.2) is 17.4 Å². The average Bonchev–Trinajstić information content (AvgIpc) is 3.17. The summed E-state index contributed by atoms with van der Waals surface area (Å²) in [5, 5.41) is 2.06. The van der Waals surface area contributed by atoms with Crippen LogP contribution in [0.1, 0.15) is 22.4 Å². The number of aliphatic imine (C=N–C) groups is 1. The Labute approximate surface area is 126 Å². The van der Waals surface area contributed by atoms with E-state index >= 15 is 0 Å². The molecule has 0 saturated carbocycles. The van der Waals surface area contributed by atoms with Crippen LogP contribution in [0.15, 0.2) is 40.7 Å². The van der Waals surface area contributed by atoms with Crippen molar-refractivity contribution in [2.24, 2.45) is 10.7 Å². The fourth-order valence-corrected chi connectivity index (χ4v) is 4.24. The minimum absolute atomic E-state index is 0.106. The van der Waals surface area contributed by atoms with Gasteiger partial charge in [-0.05, 0) is 41.5 Å². The quantitative estimate of drug-likeness (QED) is 0.926. The Hall–Kier alpha value is -1.88. The molecule has 0 saturated heterocycles. The van der Waals surface area contributed by atoms with Crippen LogP contribution in [0.25, 0.3) is 0 Å². The Morgan fingerprint density at radius 3 is 3.05 bits per heavy atom. The van der Waals surface area contributed by atoms with Crippen LogP contribution in [-0.2, 0) is 18.5 Å². The molecule has 2 heterocycles. The van der Waals surface area contributed by atoms with Gasteiger partial charge >= 0.3 is 0 Å². The topological polar surface area (TPSA) is 41.6 Å². The zero-order chi connectivity index (χ0) is 14.4. The zero-order valence-corrected chi connectivity index (χ0v) is 12.4. The molecule has 4 rings (SSSR count). The van der Waals surface area contributed by atoms with Crippen LogP contribution >= 0.6 is 11.3 Å². The maximum atomic E-state index is 14.0. The van der Waals surface area contributed by atoms with Crippen molar-refractivity contribution in [1.82, 2.24) is 4.90 Å². The third-order valence-electron chi connectivity index (χ3n) is 4.60. The van der Waals surface area contributed by atoms with Crippen molar-refractivity contribution in [2.45, 2.75) is 24.9 Å². The van der Waals surface area contributed by atoms with Crippen LogP contribution in [0.4, 0.5) is 4.39 Å². The highest BCUT2D eigenvalue weighted by atomic mass is 32.1. The number of hydrogen-bond acceptors (Lipinski definition) is 4. The molecule has 2 N–H and O–H groups in total. The number of fused-ring (bicyclic) bond motifs is 2. The largest absolute Gasteiger partial charge is 0.370 e. The van der Waals surface area contributed by atoms with Crippen molar-refractivity contribution in [2.75, 3.05) is 6.54 Å². The minimum atomic E-state index is -0.258. The summed E-state index contributed by atoms with van der Waals surface area (Å²) in [5.74, 6) is 0.464. The third-order valence-corrected chi connectivity index (χ3v) is 5.46. The first-order chi connectivity index (χ1) is 10.2. The van der Waals surface area contributed by atoms with E-state index in [1.807, 2.05) is 12.1 Å². The van der Waals surface area contributed by atoms with E-state index in [0.717, 1.165) is 30.5 Å². The number of nitrogens with two attached hydrogens (primary N) is 1. The van der Waals surface area contributed by atoms with Crippen LogP contribution < -0.4 is 5.73 Å². The molecular formula is C16H16FN3S. The molecule has 3 nitrogen and oxygen atoms in total. The van der Waals surface area contributed by atoms with Crippen molar-refractivity contribution >= 4 is 17.3 Å². The van der Waals surface area contributed by atoms with E-state index in [2.05, 4.69) is 21.3 Å². The van der Waals surface area contributed by atoms with Crippen LogP contribution in [0.2, 0.25) is 0 Å². The summed E-state index contributed by atoms with van der Waals surface area (Å²) in [5.41, 5.74) is 7.76. The van der Waals surface area contributed by atoms with Gasteiger partial charge in [0.05, 0.1) is 18.6 Å². The van der Waals surface area contributed by atoms with E-state index < -0.39 is 0 Å². The molecule has 1 unspecified atom stereocenters. The van der Waals surface area contributed by atoms with Gasteiger partial charge in [0.2, 0.25) is 0 Å². The van der Waals surface area contributed by atoms with Gasteiger partial charge in [0.1, 0.15) is 5.82 Å². The number of benzene rings is 1. The first kappa shape index (κ1) is 12.8. The molecule has 2 aromatic rings. The van der Waals surface area contributed by atoms with E-state index in [0.29, 0.717) is 12.5 Å². The highest BCUT2D eigenvalue weighted by Crippen LogP contribution is 2.45. The molecule has 0 bridgehead atoms. The van der Waals surface area contributed by atoms with Gasteiger partial charge in [-0.2, -0.15) is 0 Å². The van der Waals surface area contributed by atoms with Gasteiger partial charge in [-0.15, -0.1) is 11.3 Å². The number of rotatable bonds is 2. The van der Waals surface area contributed by atoms with E-state index in [9.17, 15) is 4.39 Å². The maximum Gasteiger partial charge on any atom is 0.192 e. The highest BCUT2D eigenvalue weighted by Gasteiger charge is 2.48. The van der Waals surface area contributed by atoms with Gasteiger partial charge in [-0.1, -0.05) is 18.2 Å². The predicted octanol–water partition coefficient (Wildman–Crippen LogP) is 2.86. The number of hydrogen-bond donors (Lipinski definition) is 1. The molecule has 1 aliphatic heterocycles. The van der Waals surface area contributed by atoms with Gasteiger partial charge in [0.25, 0.3) is 0 Å². The fourth-order valence-electron chi connectivity index (χ4n) is 3.55. The van der Waals surface area contributed by atoms with Gasteiger partial charge in [0.15, 0.2) is 5.96 Å². The van der Waals surface area contributed by atoms with E-state index in [1.165, 1.54) is 4.88 Å². The molecule has 0 amide bonds. The standard InChI is InChI=1S/C16H16FN3S/c17-14-5-1-4-13-12(14)6-7-16(13)10-19-15(18)20(16)9-11-3-2-8-21-11/h1-5,8H,6-7,9-10H2,(H2,18,19). The molecule has 1 aromatic carbocycles. The van der Waals surface area contributed by atoms with E-state index in [1.54, 1.807) is 23.5 Å². The zero-order valence-electron chi connectivity index (χ0n) is 11.6. The second-order valence-electron chi connectivity index (χ2n) is 5.64. The van der Waals surface area contributed by atoms with Crippen molar-refractivity contribution < 1.29 is 4.39 Å². The van der Waals surface area contributed by atoms with Gasteiger partial charge < -0.3 is 10.6 Å². The first-order valence-electron chi connectivity index (χ1n) is 7.08. The number of nitrogens with zero attached hydrogens (tertiary/aromatic N) is 2. The molecular weight excluding hydrogens is 285 g/mol. The average molecular weight is 301 g/mol. The van der Waals surface area contributed by atoms with Crippen LogP contribution in [0.5, 0.6) is 0 Å². The summed E-state index contributed by atoms with van der Waals surface area (Å²) in [6, 6.07) is 9.50. The molecule has 1 spiro atoms. The summed E-state index contributed by atoms with van der Waals surface area (Å²) in [6.07, 6.45) is 1.63. The molecule has 0 radical (unpaired) electrons. The smallest absolute Gasteiger partial charge is 0.192 e. The summed E-state index contributed by atoms with van der Waals surface area (Å²) < 4.78 is 14.0. The van der Waals surface area contributed by atoms with Crippen LogP contribution in [0, 0.1) is 5.82 Å². The number of thiophene rings is 1. The SMILES string of the molecule is NC1=NCC2(CCc3c(F)cccc32)N1Cc1cccs1. The highest BCUT2D eigenvalue weighted by molar-refractivity contribution is 7.09. The molecule has 108 valence electrons.